The molecule has 0 saturated carbocycles. The van der Waals surface area contributed by atoms with Crippen LogP contribution >= 0.6 is 23.2 Å². The highest BCUT2D eigenvalue weighted by Crippen LogP contribution is 2.27. The SMILES string of the molecule is CC(C)CCC(C)n1c(CCCl)nc2ccc(Cl)cc21. The summed E-state index contributed by atoms with van der Waals surface area (Å²) in [5.74, 6) is 2.37. The summed E-state index contributed by atoms with van der Waals surface area (Å²) < 4.78 is 2.31. The Balaban J connectivity index is 2.41. The average molecular weight is 313 g/mol. The topological polar surface area (TPSA) is 17.8 Å². The molecular weight excluding hydrogens is 291 g/mol. The molecule has 20 heavy (non-hydrogen) atoms. The van der Waals surface area contributed by atoms with Gasteiger partial charge < -0.3 is 4.57 Å². The van der Waals surface area contributed by atoms with E-state index in [4.69, 9.17) is 28.2 Å². The van der Waals surface area contributed by atoms with E-state index in [2.05, 4.69) is 25.3 Å². The molecule has 1 heterocycles. The third-order valence-electron chi connectivity index (χ3n) is 3.65. The van der Waals surface area contributed by atoms with Crippen molar-refractivity contribution in [1.82, 2.24) is 9.55 Å². The lowest BCUT2D eigenvalue weighted by molar-refractivity contribution is 0.438. The molecule has 0 aliphatic heterocycles. The number of benzene rings is 1. The number of aromatic nitrogens is 2. The molecule has 0 radical (unpaired) electrons. The van der Waals surface area contributed by atoms with Crippen LogP contribution in [0.4, 0.5) is 0 Å². The Bertz CT molecular complexity index is 575. The number of imidazole rings is 1. The van der Waals surface area contributed by atoms with Gasteiger partial charge in [-0.15, -0.1) is 11.6 Å². The predicted octanol–water partition coefficient (Wildman–Crippen LogP) is 5.47. The summed E-state index contributed by atoms with van der Waals surface area (Å²) in [6.45, 7) is 6.77. The number of alkyl halides is 1. The second kappa shape index (κ2) is 6.82. The summed E-state index contributed by atoms with van der Waals surface area (Å²) in [4.78, 5) is 4.71. The predicted molar refractivity (Wildman–Crippen MR) is 88.0 cm³/mol. The van der Waals surface area contributed by atoms with Gasteiger partial charge in [0, 0.05) is 23.4 Å². The highest BCUT2D eigenvalue weighted by atomic mass is 35.5. The van der Waals surface area contributed by atoms with Crippen LogP contribution in [0.5, 0.6) is 0 Å². The summed E-state index contributed by atoms with van der Waals surface area (Å²) in [6.07, 6.45) is 3.15. The Morgan fingerprint density at radius 2 is 1.95 bits per heavy atom. The Hall–Kier alpha value is -0.730. The van der Waals surface area contributed by atoms with Crippen LogP contribution in [0.2, 0.25) is 5.02 Å². The maximum atomic E-state index is 6.14. The first-order valence-electron chi connectivity index (χ1n) is 7.25. The molecule has 1 unspecified atom stereocenters. The highest BCUT2D eigenvalue weighted by molar-refractivity contribution is 6.31. The number of hydrogen-bond acceptors (Lipinski definition) is 1. The van der Waals surface area contributed by atoms with E-state index in [1.165, 1.54) is 6.42 Å². The van der Waals surface area contributed by atoms with Crippen molar-refractivity contribution < 1.29 is 0 Å². The Morgan fingerprint density at radius 1 is 1.20 bits per heavy atom. The molecule has 0 aliphatic rings. The number of rotatable bonds is 6. The molecule has 110 valence electrons. The van der Waals surface area contributed by atoms with Gasteiger partial charge in [-0.2, -0.15) is 0 Å². The lowest BCUT2D eigenvalue weighted by Gasteiger charge is -2.18. The van der Waals surface area contributed by atoms with Gasteiger partial charge in [0.2, 0.25) is 0 Å². The molecular formula is C16H22Cl2N2. The van der Waals surface area contributed by atoms with Gasteiger partial charge in [-0.3, -0.25) is 0 Å². The van der Waals surface area contributed by atoms with Gasteiger partial charge >= 0.3 is 0 Å². The van der Waals surface area contributed by atoms with Crippen LogP contribution < -0.4 is 0 Å². The normalized spacial score (nSPS) is 13.3. The number of aryl methyl sites for hydroxylation is 1. The van der Waals surface area contributed by atoms with Crippen LogP contribution in [0.1, 0.15) is 45.5 Å². The van der Waals surface area contributed by atoms with E-state index < -0.39 is 0 Å². The van der Waals surface area contributed by atoms with Crippen LogP contribution in [-0.4, -0.2) is 15.4 Å². The molecule has 1 aromatic carbocycles. The summed E-state index contributed by atoms with van der Waals surface area (Å²) in [6, 6.07) is 6.30. The van der Waals surface area contributed by atoms with Crippen LogP contribution in [0.25, 0.3) is 11.0 Å². The number of halogens is 2. The quantitative estimate of drug-likeness (QED) is 0.647. The first-order chi connectivity index (χ1) is 9.52. The van der Waals surface area contributed by atoms with Gasteiger partial charge in [0.1, 0.15) is 5.82 Å². The van der Waals surface area contributed by atoms with Gasteiger partial charge in [0.15, 0.2) is 0 Å². The van der Waals surface area contributed by atoms with Crippen molar-refractivity contribution in [3.8, 4) is 0 Å². The van der Waals surface area contributed by atoms with E-state index in [0.29, 0.717) is 17.8 Å². The largest absolute Gasteiger partial charge is 0.325 e. The monoisotopic (exact) mass is 312 g/mol. The third-order valence-corrected chi connectivity index (χ3v) is 4.07. The minimum atomic E-state index is 0.416. The molecule has 1 aromatic heterocycles. The molecule has 2 rings (SSSR count). The van der Waals surface area contributed by atoms with E-state index in [0.717, 1.165) is 34.7 Å². The Morgan fingerprint density at radius 3 is 2.60 bits per heavy atom. The number of nitrogens with zero attached hydrogens (tertiary/aromatic N) is 2. The minimum Gasteiger partial charge on any atom is -0.325 e. The first kappa shape index (κ1) is 15.7. The fraction of sp³-hybridized carbons (Fsp3) is 0.562. The van der Waals surface area contributed by atoms with Crippen molar-refractivity contribution in [2.45, 2.75) is 46.1 Å². The van der Waals surface area contributed by atoms with Gasteiger partial charge in [0.05, 0.1) is 11.0 Å². The van der Waals surface area contributed by atoms with Crippen molar-refractivity contribution in [2.24, 2.45) is 5.92 Å². The molecule has 4 heteroatoms. The number of hydrogen-bond donors (Lipinski definition) is 0. The van der Waals surface area contributed by atoms with Crippen molar-refractivity contribution in [2.75, 3.05) is 5.88 Å². The highest BCUT2D eigenvalue weighted by Gasteiger charge is 2.16. The van der Waals surface area contributed by atoms with Gasteiger partial charge in [-0.25, -0.2) is 4.98 Å². The molecule has 0 amide bonds. The third kappa shape index (κ3) is 3.48. The maximum Gasteiger partial charge on any atom is 0.111 e. The molecule has 2 nitrogen and oxygen atoms in total. The summed E-state index contributed by atoms with van der Waals surface area (Å²) in [5, 5.41) is 0.757. The fourth-order valence-corrected chi connectivity index (χ4v) is 2.91. The summed E-state index contributed by atoms with van der Waals surface area (Å²) in [7, 11) is 0. The molecule has 0 aliphatic carbocycles. The lowest BCUT2D eigenvalue weighted by Crippen LogP contribution is -2.11. The lowest BCUT2D eigenvalue weighted by atomic mass is 10.0. The van der Waals surface area contributed by atoms with Crippen molar-refractivity contribution in [3.05, 3.63) is 29.0 Å². The van der Waals surface area contributed by atoms with Crippen LogP contribution in [0.3, 0.4) is 0 Å². The Kier molecular flexibility index (Phi) is 5.34. The molecule has 0 fully saturated rings. The van der Waals surface area contributed by atoms with E-state index in [1.807, 2.05) is 18.2 Å². The summed E-state index contributed by atoms with van der Waals surface area (Å²) >= 11 is 12.1. The molecule has 0 saturated heterocycles. The van der Waals surface area contributed by atoms with Crippen LogP contribution in [0.15, 0.2) is 18.2 Å². The average Bonchev–Trinajstić information content (AvgIpc) is 2.73. The van der Waals surface area contributed by atoms with Gasteiger partial charge in [0.25, 0.3) is 0 Å². The van der Waals surface area contributed by atoms with E-state index >= 15 is 0 Å². The zero-order valence-corrected chi connectivity index (χ0v) is 13.9. The molecule has 0 spiro atoms. The van der Waals surface area contributed by atoms with Gasteiger partial charge in [-0.1, -0.05) is 25.4 Å². The first-order valence-corrected chi connectivity index (χ1v) is 8.16. The smallest absolute Gasteiger partial charge is 0.111 e. The molecule has 1 atom stereocenters. The van der Waals surface area contributed by atoms with E-state index in [1.54, 1.807) is 0 Å². The molecule has 0 bridgehead atoms. The molecule has 2 aromatic rings. The Labute approximate surface area is 131 Å². The zero-order valence-electron chi connectivity index (χ0n) is 12.4. The molecule has 0 N–H and O–H groups in total. The van der Waals surface area contributed by atoms with Crippen LogP contribution in [0, 0.1) is 5.92 Å². The standard InChI is InChI=1S/C16H22Cl2N2/c1-11(2)4-5-12(3)20-15-10-13(18)6-7-14(15)19-16(20)8-9-17/h6-7,10-12H,4-5,8-9H2,1-3H3. The van der Waals surface area contributed by atoms with E-state index in [9.17, 15) is 0 Å². The van der Waals surface area contributed by atoms with Crippen LogP contribution in [-0.2, 0) is 6.42 Å². The van der Waals surface area contributed by atoms with Gasteiger partial charge in [-0.05, 0) is 43.9 Å². The second-order valence-corrected chi connectivity index (χ2v) is 6.60. The second-order valence-electron chi connectivity index (χ2n) is 5.79. The summed E-state index contributed by atoms with van der Waals surface area (Å²) in [5.41, 5.74) is 2.12. The number of fused-ring (bicyclic) bond motifs is 1. The van der Waals surface area contributed by atoms with E-state index in [-0.39, 0.29) is 0 Å². The fourth-order valence-electron chi connectivity index (χ4n) is 2.57. The maximum absolute atomic E-state index is 6.14. The van der Waals surface area contributed by atoms with Crippen molar-refractivity contribution in [3.63, 3.8) is 0 Å². The minimum absolute atomic E-state index is 0.416. The zero-order chi connectivity index (χ0) is 14.7. The van der Waals surface area contributed by atoms with Crippen molar-refractivity contribution >= 4 is 34.2 Å². The van der Waals surface area contributed by atoms with Crippen molar-refractivity contribution in [1.29, 1.82) is 0 Å².